The van der Waals surface area contributed by atoms with Gasteiger partial charge in [-0.15, -0.1) is 11.6 Å². The van der Waals surface area contributed by atoms with Crippen molar-refractivity contribution in [3.05, 3.63) is 71.6 Å². The van der Waals surface area contributed by atoms with Gasteiger partial charge >= 0.3 is 5.97 Å². The van der Waals surface area contributed by atoms with Crippen LogP contribution in [0, 0.1) is 0 Å². The number of unbranched alkanes of at least 4 members (excludes halogenated alkanes) is 15. The van der Waals surface area contributed by atoms with Crippen molar-refractivity contribution in [2.45, 2.75) is 137 Å². The summed E-state index contributed by atoms with van der Waals surface area (Å²) in [4.78, 5) is 14.3. The first-order chi connectivity index (χ1) is 25.4. The first kappa shape index (κ1) is 46.1. The molecule has 2 aromatic carbocycles. The molecule has 1 aliphatic heterocycles. The van der Waals surface area contributed by atoms with E-state index in [2.05, 4.69) is 80.5 Å². The van der Waals surface area contributed by atoms with Gasteiger partial charge in [0.1, 0.15) is 24.4 Å². The molecule has 0 spiro atoms. The fraction of sp³-hybridized carbons (Fsp3) is 0.565. The quantitative estimate of drug-likeness (QED) is 0.0354. The summed E-state index contributed by atoms with van der Waals surface area (Å²) in [5, 5.41) is 11.9. The lowest BCUT2D eigenvalue weighted by atomic mass is 9.90. The van der Waals surface area contributed by atoms with Crippen LogP contribution in [-0.2, 0) is 0 Å². The van der Waals surface area contributed by atoms with E-state index in [1.165, 1.54) is 103 Å². The number of benzene rings is 3. The lowest BCUT2D eigenvalue weighted by molar-refractivity contribution is -0.0000268. The molecule has 0 saturated heterocycles. The third-order valence-corrected chi connectivity index (χ3v) is 10.6. The van der Waals surface area contributed by atoms with E-state index in [1.807, 2.05) is 12.1 Å². The van der Waals surface area contributed by atoms with E-state index in [9.17, 15) is 9.90 Å². The van der Waals surface area contributed by atoms with Crippen LogP contribution in [0.25, 0.3) is 33.4 Å². The molecule has 4 rings (SSSR count). The van der Waals surface area contributed by atoms with Gasteiger partial charge in [0.25, 0.3) is 0 Å². The van der Waals surface area contributed by atoms with Gasteiger partial charge in [-0.2, -0.15) is 0 Å². The van der Waals surface area contributed by atoms with Gasteiger partial charge in [-0.05, 0) is 63.9 Å². The highest BCUT2D eigenvalue weighted by Gasteiger charge is 2.22. The van der Waals surface area contributed by atoms with Crippen molar-refractivity contribution in [2.24, 2.45) is 0 Å². The van der Waals surface area contributed by atoms with Crippen LogP contribution in [-0.4, -0.2) is 43.1 Å². The monoisotopic (exact) mass is 766 g/mol. The van der Waals surface area contributed by atoms with E-state index >= 15 is 0 Å². The minimum absolute atomic E-state index is 0. The highest BCUT2D eigenvalue weighted by molar-refractivity contribution is 6.17. The highest BCUT2D eigenvalue weighted by Crippen LogP contribution is 2.42. The third-order valence-electron chi connectivity index (χ3n) is 10.4. The molecule has 53 heavy (non-hydrogen) atoms. The largest absolute Gasteiger partial charge is 1.00 e. The predicted octanol–water partition coefficient (Wildman–Crippen LogP) is 10.1. The Morgan fingerprint density at radius 1 is 0.679 bits per heavy atom. The van der Waals surface area contributed by atoms with Crippen LogP contribution in [0.5, 0.6) is 0 Å². The van der Waals surface area contributed by atoms with Gasteiger partial charge in [-0.25, -0.2) is 9.37 Å². The van der Waals surface area contributed by atoms with Crippen LogP contribution in [0.1, 0.15) is 148 Å². The Kier molecular flexibility index (Phi) is 23.2. The number of alkyl halides is 1. The molecule has 0 bridgehead atoms. The van der Waals surface area contributed by atoms with Gasteiger partial charge in [-0.3, -0.25) is 0 Å². The molecule has 1 aliphatic carbocycles. The minimum atomic E-state index is -0.938. The second-order valence-electron chi connectivity index (χ2n) is 14.0. The lowest BCUT2D eigenvalue weighted by Crippen LogP contribution is -3.00. The molecule has 0 fully saturated rings. The number of halogens is 2. The van der Waals surface area contributed by atoms with Crippen LogP contribution in [0.4, 0.5) is 5.69 Å². The molecule has 2 aromatic rings. The molecule has 7 heteroatoms. The van der Waals surface area contributed by atoms with Gasteiger partial charge < -0.3 is 26.8 Å². The number of carboxylic acid groups (broad SMARTS) is 1. The fourth-order valence-corrected chi connectivity index (χ4v) is 7.45. The van der Waals surface area contributed by atoms with E-state index in [1.54, 1.807) is 12.1 Å². The van der Waals surface area contributed by atoms with Gasteiger partial charge in [0.15, 0.2) is 0 Å². The van der Waals surface area contributed by atoms with Crippen LogP contribution in [0.2, 0.25) is 0 Å². The number of carbonyl (C=O) groups is 1. The van der Waals surface area contributed by atoms with E-state index in [4.69, 9.17) is 16.0 Å². The molecule has 0 amide bonds. The lowest BCUT2D eigenvalue weighted by Gasteiger charge is -2.22. The fourth-order valence-electron chi connectivity index (χ4n) is 7.26. The molecule has 2 aliphatic rings. The molecular formula is C46H68Cl2N2O3. The molecular weight excluding hydrogens is 699 g/mol. The van der Waals surface area contributed by atoms with E-state index in [-0.39, 0.29) is 18.0 Å². The normalized spacial score (nSPS) is 10.9. The summed E-state index contributed by atoms with van der Waals surface area (Å²) in [7, 11) is 0. The number of fused-ring (bicyclic) bond motifs is 2. The van der Waals surface area contributed by atoms with Crippen molar-refractivity contribution in [1.29, 1.82) is 0 Å². The number of hydrogen-bond acceptors (Lipinski definition) is 3. The number of nitrogens with zero attached hydrogens (tertiary/aromatic N) is 2. The van der Waals surface area contributed by atoms with Crippen molar-refractivity contribution >= 4 is 34.2 Å². The van der Waals surface area contributed by atoms with Gasteiger partial charge in [-0.1, -0.05) is 121 Å². The van der Waals surface area contributed by atoms with Crippen LogP contribution in [0.3, 0.4) is 0 Å². The van der Waals surface area contributed by atoms with E-state index in [0.29, 0.717) is 5.56 Å². The average Bonchev–Trinajstić information content (AvgIpc) is 3.16. The summed E-state index contributed by atoms with van der Waals surface area (Å²) in [6, 6.07) is 19.6. The number of carboxylic acids is 1. The SMILES string of the molecule is CCCCCCCCCCCCCCCCCCCl.CCN(CC)c1ccc2c(-c3ccccc3C(=O)O)c3ccc(=[N+](CC)CC)cc-3oc2c1.[Cl-]. The first-order valence-electron chi connectivity index (χ1n) is 20.7. The van der Waals surface area contributed by atoms with Crippen molar-refractivity contribution in [2.75, 3.05) is 37.0 Å². The van der Waals surface area contributed by atoms with E-state index < -0.39 is 5.97 Å². The van der Waals surface area contributed by atoms with Crippen molar-refractivity contribution in [1.82, 2.24) is 4.58 Å². The molecule has 0 atom stereocenters. The molecule has 0 radical (unpaired) electrons. The molecule has 0 unspecified atom stereocenters. The summed E-state index contributed by atoms with van der Waals surface area (Å²) >= 11 is 5.66. The zero-order chi connectivity index (χ0) is 37.6. The summed E-state index contributed by atoms with van der Waals surface area (Å²) in [6.07, 6.45) is 22.8. The minimum Gasteiger partial charge on any atom is -1.00 e. The maximum absolute atomic E-state index is 12.1. The summed E-state index contributed by atoms with van der Waals surface area (Å²) in [6.45, 7) is 14.4. The van der Waals surface area contributed by atoms with Gasteiger partial charge in [0.2, 0.25) is 5.36 Å². The Hall–Kier alpha value is -3.02. The Morgan fingerprint density at radius 3 is 1.74 bits per heavy atom. The van der Waals surface area contributed by atoms with Crippen molar-refractivity contribution in [3.8, 4) is 22.5 Å². The zero-order valence-corrected chi connectivity index (χ0v) is 35.0. The van der Waals surface area contributed by atoms with Gasteiger partial charge in [0, 0.05) is 53.3 Å². The summed E-state index contributed by atoms with van der Waals surface area (Å²) < 4.78 is 8.74. The smallest absolute Gasteiger partial charge is 0.336 e. The maximum atomic E-state index is 12.1. The number of rotatable bonds is 23. The Bertz CT molecular complexity index is 1620. The molecule has 0 saturated carbocycles. The van der Waals surface area contributed by atoms with Gasteiger partial charge in [0.05, 0.1) is 11.6 Å². The zero-order valence-electron chi connectivity index (χ0n) is 33.5. The number of aromatic carboxylic acids is 1. The van der Waals surface area contributed by atoms with Crippen molar-refractivity contribution < 1.29 is 26.7 Å². The third kappa shape index (κ3) is 14.6. The molecule has 5 nitrogen and oxygen atoms in total. The number of anilines is 1. The predicted molar refractivity (Wildman–Crippen MR) is 225 cm³/mol. The molecule has 294 valence electrons. The van der Waals surface area contributed by atoms with Crippen molar-refractivity contribution in [3.63, 3.8) is 0 Å². The van der Waals surface area contributed by atoms with Crippen LogP contribution in [0.15, 0.2) is 65.1 Å². The Labute approximate surface area is 332 Å². The number of hydrogen-bond donors (Lipinski definition) is 1. The standard InChI is InChI=1S/C28H30N2O3.C18H37Cl.ClH/c1-5-29(6-2)19-13-15-23-25(17-19)33-26-18-20(30(7-3)8-4)14-16-24(26)27(23)21-11-9-10-12-22(21)28(31)32;1-2-3-4-5-6-7-8-9-10-11-12-13-14-15-16-17-18-19;/h9-18H,5-8H2,1-4H3;2-18H2,1H3;1H. The Balaban J connectivity index is 0.000000419. The topological polar surface area (TPSA) is 56.7 Å². The van der Waals surface area contributed by atoms with Crippen LogP contribution < -0.4 is 27.2 Å². The van der Waals surface area contributed by atoms with Crippen LogP contribution >= 0.6 is 11.6 Å². The summed E-state index contributed by atoms with van der Waals surface area (Å²) in [5.74, 6) is 0.657. The second kappa shape index (κ2) is 26.7. The van der Waals surface area contributed by atoms with E-state index in [0.717, 1.165) is 71.0 Å². The second-order valence-corrected chi connectivity index (χ2v) is 14.4. The Morgan fingerprint density at radius 2 is 1.23 bits per heavy atom. The highest BCUT2D eigenvalue weighted by atomic mass is 35.5. The molecule has 0 aromatic heterocycles. The average molecular weight is 768 g/mol. The summed E-state index contributed by atoms with van der Waals surface area (Å²) in [5.41, 5.74) is 4.62. The first-order valence-corrected chi connectivity index (χ1v) is 21.2. The molecule has 1 N–H and O–H groups in total. The maximum Gasteiger partial charge on any atom is 0.336 e. The molecule has 1 heterocycles.